The van der Waals surface area contributed by atoms with Gasteiger partial charge in [-0.25, -0.2) is 0 Å². The van der Waals surface area contributed by atoms with Crippen LogP contribution in [0.1, 0.15) is 5.56 Å². The second-order valence-corrected chi connectivity index (χ2v) is 5.84. The first-order valence-corrected chi connectivity index (χ1v) is 8.39. The number of nitrogens with zero attached hydrogens (tertiary/aromatic N) is 3. The number of anilines is 3. The zero-order chi connectivity index (χ0) is 18.2. The van der Waals surface area contributed by atoms with Gasteiger partial charge in [-0.2, -0.15) is 10.1 Å². The van der Waals surface area contributed by atoms with Crippen molar-refractivity contribution in [3.63, 3.8) is 0 Å². The van der Waals surface area contributed by atoms with Gasteiger partial charge in [-0.05, 0) is 42.0 Å². The predicted molar refractivity (Wildman–Crippen MR) is 104 cm³/mol. The Morgan fingerprint density at radius 1 is 1.08 bits per heavy atom. The first-order chi connectivity index (χ1) is 12.7. The molecule has 2 aromatic carbocycles. The van der Waals surface area contributed by atoms with E-state index in [1.807, 2.05) is 48.5 Å². The van der Waals surface area contributed by atoms with Crippen LogP contribution in [-0.4, -0.2) is 21.7 Å². The molecule has 0 amide bonds. The molecule has 1 aromatic heterocycles. The van der Waals surface area contributed by atoms with Crippen LogP contribution in [0.15, 0.2) is 67.4 Å². The smallest absolute Gasteiger partial charge is 0.249 e. The average Bonchev–Trinajstić information content (AvgIpc) is 2.67. The van der Waals surface area contributed by atoms with Crippen molar-refractivity contribution in [3.8, 4) is 5.75 Å². The van der Waals surface area contributed by atoms with E-state index in [0.29, 0.717) is 29.9 Å². The minimum absolute atomic E-state index is 0.411. The van der Waals surface area contributed by atoms with Gasteiger partial charge in [0.05, 0.1) is 6.20 Å². The van der Waals surface area contributed by atoms with Crippen molar-refractivity contribution < 1.29 is 4.74 Å². The fourth-order valence-electron chi connectivity index (χ4n) is 2.13. The van der Waals surface area contributed by atoms with Crippen LogP contribution in [0.4, 0.5) is 17.5 Å². The van der Waals surface area contributed by atoms with E-state index in [1.165, 1.54) is 0 Å². The van der Waals surface area contributed by atoms with Gasteiger partial charge in [0.1, 0.15) is 12.4 Å². The topological polar surface area (TPSA) is 72.0 Å². The summed E-state index contributed by atoms with van der Waals surface area (Å²) in [5, 5.41) is 14.8. The highest BCUT2D eigenvalue weighted by molar-refractivity contribution is 6.30. The molecular weight excluding hydrogens is 350 g/mol. The van der Waals surface area contributed by atoms with E-state index in [9.17, 15) is 0 Å². The molecule has 0 bridgehead atoms. The summed E-state index contributed by atoms with van der Waals surface area (Å²) in [5.74, 6) is 1.81. The van der Waals surface area contributed by atoms with Crippen LogP contribution in [0.2, 0.25) is 5.02 Å². The third kappa shape index (κ3) is 5.19. The average molecular weight is 368 g/mol. The molecule has 3 aromatic rings. The summed E-state index contributed by atoms with van der Waals surface area (Å²) in [6.07, 6.45) is 3.31. The molecule has 0 unspecified atom stereocenters. The summed E-state index contributed by atoms with van der Waals surface area (Å²) >= 11 is 5.88. The molecule has 0 spiro atoms. The predicted octanol–water partition coefficient (Wildman–Crippen LogP) is 4.45. The highest BCUT2D eigenvalue weighted by atomic mass is 35.5. The summed E-state index contributed by atoms with van der Waals surface area (Å²) in [5.41, 5.74) is 1.89. The standard InChI is InChI=1S/C19H18ClN5O/c1-2-11-21-18-12-22-25-19(24-18)23-16-7-9-17(10-8-16)26-13-14-3-5-15(20)6-4-14/h2-10,12H,1,11,13H2,(H2,21,23,24,25). The van der Waals surface area contributed by atoms with Gasteiger partial charge in [0.15, 0.2) is 5.82 Å². The number of ether oxygens (including phenoxy) is 1. The molecule has 0 saturated carbocycles. The van der Waals surface area contributed by atoms with E-state index in [2.05, 4.69) is 32.4 Å². The number of hydrogen-bond donors (Lipinski definition) is 2. The first-order valence-electron chi connectivity index (χ1n) is 8.02. The van der Waals surface area contributed by atoms with Gasteiger partial charge in [0, 0.05) is 17.3 Å². The number of nitrogens with one attached hydrogen (secondary N) is 2. The Labute approximate surface area is 156 Å². The van der Waals surface area contributed by atoms with Gasteiger partial charge in [-0.1, -0.05) is 29.8 Å². The molecule has 2 N–H and O–H groups in total. The van der Waals surface area contributed by atoms with Crippen molar-refractivity contribution >= 4 is 29.1 Å². The van der Waals surface area contributed by atoms with E-state index < -0.39 is 0 Å². The van der Waals surface area contributed by atoms with Crippen molar-refractivity contribution in [2.45, 2.75) is 6.61 Å². The second kappa shape index (κ2) is 8.82. The summed E-state index contributed by atoms with van der Waals surface area (Å²) in [6.45, 7) is 4.74. The quantitative estimate of drug-likeness (QED) is 0.573. The Kier molecular flexibility index (Phi) is 6.01. The summed E-state index contributed by atoms with van der Waals surface area (Å²) < 4.78 is 5.77. The number of rotatable bonds is 8. The SMILES string of the molecule is C=CCNc1cnnc(Nc2ccc(OCc3ccc(Cl)cc3)cc2)n1. The zero-order valence-corrected chi connectivity index (χ0v) is 14.8. The first kappa shape index (κ1) is 17.7. The lowest BCUT2D eigenvalue weighted by molar-refractivity contribution is 0.306. The summed E-state index contributed by atoms with van der Waals surface area (Å²) in [7, 11) is 0. The Hall–Kier alpha value is -3.12. The van der Waals surface area contributed by atoms with Crippen LogP contribution >= 0.6 is 11.6 Å². The van der Waals surface area contributed by atoms with Crippen LogP contribution in [0, 0.1) is 0 Å². The Morgan fingerprint density at radius 3 is 2.58 bits per heavy atom. The highest BCUT2D eigenvalue weighted by Gasteiger charge is 2.02. The molecule has 0 atom stereocenters. The largest absolute Gasteiger partial charge is 0.489 e. The van der Waals surface area contributed by atoms with Gasteiger partial charge < -0.3 is 15.4 Å². The van der Waals surface area contributed by atoms with Gasteiger partial charge in [-0.3, -0.25) is 0 Å². The fraction of sp³-hybridized carbons (Fsp3) is 0.105. The number of benzene rings is 2. The van der Waals surface area contributed by atoms with Crippen LogP contribution in [-0.2, 0) is 6.61 Å². The maximum Gasteiger partial charge on any atom is 0.249 e. The molecule has 0 fully saturated rings. The van der Waals surface area contributed by atoms with E-state index in [1.54, 1.807) is 12.3 Å². The molecular formula is C19H18ClN5O. The third-order valence-electron chi connectivity index (χ3n) is 3.42. The maximum absolute atomic E-state index is 5.88. The lowest BCUT2D eigenvalue weighted by Gasteiger charge is -2.09. The minimum atomic E-state index is 0.411. The van der Waals surface area contributed by atoms with Crippen molar-refractivity contribution in [1.29, 1.82) is 0 Å². The van der Waals surface area contributed by atoms with Crippen LogP contribution in [0.25, 0.3) is 0 Å². The number of hydrogen-bond acceptors (Lipinski definition) is 6. The summed E-state index contributed by atoms with van der Waals surface area (Å²) in [4.78, 5) is 4.33. The minimum Gasteiger partial charge on any atom is -0.489 e. The molecule has 0 aliphatic rings. The van der Waals surface area contributed by atoms with Crippen molar-refractivity contribution in [1.82, 2.24) is 15.2 Å². The molecule has 132 valence electrons. The molecule has 0 aliphatic carbocycles. The molecule has 0 aliphatic heterocycles. The third-order valence-corrected chi connectivity index (χ3v) is 3.67. The zero-order valence-electron chi connectivity index (χ0n) is 14.0. The molecule has 0 radical (unpaired) electrons. The molecule has 7 heteroatoms. The van der Waals surface area contributed by atoms with E-state index in [0.717, 1.165) is 17.0 Å². The number of aromatic nitrogens is 3. The molecule has 6 nitrogen and oxygen atoms in total. The lowest BCUT2D eigenvalue weighted by atomic mass is 10.2. The maximum atomic E-state index is 5.88. The van der Waals surface area contributed by atoms with Gasteiger partial charge in [-0.15, -0.1) is 11.7 Å². The highest BCUT2D eigenvalue weighted by Crippen LogP contribution is 2.20. The monoisotopic (exact) mass is 367 g/mol. The Bertz CT molecular complexity index is 853. The van der Waals surface area contributed by atoms with Crippen molar-refractivity contribution in [2.75, 3.05) is 17.2 Å². The van der Waals surface area contributed by atoms with Crippen molar-refractivity contribution in [2.24, 2.45) is 0 Å². The van der Waals surface area contributed by atoms with Crippen molar-refractivity contribution in [3.05, 3.63) is 78.0 Å². The molecule has 1 heterocycles. The van der Waals surface area contributed by atoms with Gasteiger partial charge in [0.2, 0.25) is 5.95 Å². The van der Waals surface area contributed by atoms with E-state index in [4.69, 9.17) is 16.3 Å². The molecule has 3 rings (SSSR count). The second-order valence-electron chi connectivity index (χ2n) is 5.40. The van der Waals surface area contributed by atoms with Crippen LogP contribution in [0.3, 0.4) is 0 Å². The van der Waals surface area contributed by atoms with Gasteiger partial charge >= 0.3 is 0 Å². The van der Waals surface area contributed by atoms with E-state index >= 15 is 0 Å². The van der Waals surface area contributed by atoms with E-state index in [-0.39, 0.29) is 0 Å². The fourth-order valence-corrected chi connectivity index (χ4v) is 2.26. The normalized spacial score (nSPS) is 10.2. The van der Waals surface area contributed by atoms with Crippen LogP contribution < -0.4 is 15.4 Å². The number of halogens is 1. The van der Waals surface area contributed by atoms with Crippen LogP contribution in [0.5, 0.6) is 5.75 Å². The summed E-state index contributed by atoms with van der Waals surface area (Å²) in [6, 6.07) is 15.1. The Morgan fingerprint density at radius 2 is 1.85 bits per heavy atom. The molecule has 26 heavy (non-hydrogen) atoms. The molecule has 0 saturated heterocycles. The lowest BCUT2D eigenvalue weighted by Crippen LogP contribution is -2.05. The Balaban J connectivity index is 1.57. The van der Waals surface area contributed by atoms with Gasteiger partial charge in [0.25, 0.3) is 0 Å².